The van der Waals surface area contributed by atoms with Crippen LogP contribution in [0.2, 0.25) is 0 Å². The Hall–Kier alpha value is -4.63. The van der Waals surface area contributed by atoms with E-state index in [1.807, 2.05) is 0 Å². The average molecular weight is 563 g/mol. The molecular formula is C28H28N5O6S+. The Morgan fingerprint density at radius 3 is 2.67 bits per heavy atom. The van der Waals surface area contributed by atoms with Crippen LogP contribution in [-0.2, 0) is 10.0 Å². The van der Waals surface area contributed by atoms with Gasteiger partial charge in [0.15, 0.2) is 0 Å². The number of nitriles is 1. The van der Waals surface area contributed by atoms with E-state index >= 15 is 0 Å². The van der Waals surface area contributed by atoms with Gasteiger partial charge in [-0.2, -0.15) is 5.26 Å². The highest BCUT2D eigenvalue weighted by atomic mass is 32.2. The van der Waals surface area contributed by atoms with E-state index < -0.39 is 10.0 Å². The third-order valence-electron chi connectivity index (χ3n) is 6.90. The minimum absolute atomic E-state index is 0.00111. The summed E-state index contributed by atoms with van der Waals surface area (Å²) in [6, 6.07) is 15.6. The maximum Gasteiger partial charge on any atom is 0.378 e. The second-order valence-electron chi connectivity index (χ2n) is 9.51. The number of nitrogens with zero attached hydrogens (tertiary/aromatic N) is 4. The van der Waals surface area contributed by atoms with Crippen molar-refractivity contribution in [1.29, 1.82) is 5.26 Å². The van der Waals surface area contributed by atoms with Crippen LogP contribution in [-0.4, -0.2) is 41.0 Å². The van der Waals surface area contributed by atoms with E-state index in [-0.39, 0.29) is 28.3 Å². The van der Waals surface area contributed by atoms with Crippen molar-refractivity contribution in [3.8, 4) is 34.7 Å². The number of fused-ring (bicyclic) bond motifs is 1. The molecule has 0 amide bonds. The lowest BCUT2D eigenvalue weighted by Crippen LogP contribution is -2.18. The van der Waals surface area contributed by atoms with E-state index in [2.05, 4.69) is 20.3 Å². The molecule has 0 bridgehead atoms. The molecule has 0 spiro atoms. The summed E-state index contributed by atoms with van der Waals surface area (Å²) >= 11 is 0. The highest BCUT2D eigenvalue weighted by Crippen LogP contribution is 2.46. The number of anilines is 1. The predicted octanol–water partition coefficient (Wildman–Crippen LogP) is 6.05. The molecule has 0 saturated heterocycles. The molecule has 11 nitrogen and oxygen atoms in total. The molecule has 2 aromatic carbocycles. The number of nitrogens with one attached hydrogen (secondary N) is 1. The second-order valence-corrected chi connectivity index (χ2v) is 11.3. The van der Waals surface area contributed by atoms with E-state index in [0.29, 0.717) is 45.8 Å². The molecule has 2 heterocycles. The number of pyridine rings is 1. The molecule has 40 heavy (non-hydrogen) atoms. The molecule has 5 rings (SSSR count). The molecule has 2 N–H and O–H groups in total. The Kier molecular flexibility index (Phi) is 7.32. The molecule has 0 atom stereocenters. The van der Waals surface area contributed by atoms with Gasteiger partial charge in [0.25, 0.3) is 4.92 Å². The van der Waals surface area contributed by atoms with Crippen molar-refractivity contribution in [2.75, 3.05) is 17.6 Å². The van der Waals surface area contributed by atoms with Crippen molar-refractivity contribution in [1.82, 2.24) is 9.55 Å². The highest BCUT2D eigenvalue weighted by molar-refractivity contribution is 7.92. The molecule has 1 saturated carbocycles. The van der Waals surface area contributed by atoms with Crippen LogP contribution in [0.15, 0.2) is 54.7 Å². The number of ether oxygens (including phenoxy) is 2. The number of aromatic nitrogens is 2. The lowest BCUT2D eigenvalue weighted by molar-refractivity contribution is -0.730. The van der Waals surface area contributed by atoms with Gasteiger partial charge in [0.05, 0.1) is 40.2 Å². The van der Waals surface area contributed by atoms with Crippen molar-refractivity contribution in [3.63, 3.8) is 0 Å². The number of methoxy groups -OCH3 is 1. The smallest absolute Gasteiger partial charge is 0.378 e. The molecule has 206 valence electrons. The molecule has 1 aliphatic rings. The summed E-state index contributed by atoms with van der Waals surface area (Å²) in [7, 11) is -1.99. The van der Waals surface area contributed by atoms with Gasteiger partial charge in [0.2, 0.25) is 10.0 Å². The minimum atomic E-state index is -3.50. The van der Waals surface area contributed by atoms with E-state index in [1.165, 1.54) is 25.4 Å². The maximum absolute atomic E-state index is 12.3. The van der Waals surface area contributed by atoms with Crippen LogP contribution in [0.4, 0.5) is 11.4 Å². The van der Waals surface area contributed by atoms with Crippen LogP contribution >= 0.6 is 0 Å². The van der Waals surface area contributed by atoms with Crippen LogP contribution in [0.25, 0.3) is 22.2 Å². The van der Waals surface area contributed by atoms with Gasteiger partial charge in [0, 0.05) is 41.4 Å². The van der Waals surface area contributed by atoms with Gasteiger partial charge in [-0.15, -0.1) is 0 Å². The second kappa shape index (κ2) is 10.9. The first-order valence-corrected chi connectivity index (χ1v) is 14.5. The Bertz CT molecular complexity index is 1760. The number of sulfonamides is 1. The van der Waals surface area contributed by atoms with Crippen LogP contribution < -0.4 is 14.2 Å². The van der Waals surface area contributed by atoms with Crippen LogP contribution in [0.3, 0.4) is 0 Å². The average Bonchev–Trinajstić information content (AvgIpc) is 3.20. The lowest BCUT2D eigenvalue weighted by atomic mass is 9.92. The van der Waals surface area contributed by atoms with Gasteiger partial charge in [-0.05, 0) is 56.0 Å². The molecule has 12 heteroatoms. The van der Waals surface area contributed by atoms with Crippen molar-refractivity contribution >= 4 is 32.3 Å². The SMILES string of the molecule is CCCS(=O)(=O)Nc1ccc(-c2c(C#N)c3ccc(Oc4ncccc4[N+](=O)O)cc3n2C2CCC2)c(OC)c1. The number of hydrogen-bond acceptors (Lipinski definition) is 7. The molecule has 2 aromatic heterocycles. The zero-order valence-electron chi connectivity index (χ0n) is 22.0. The van der Waals surface area contributed by atoms with E-state index in [4.69, 9.17) is 9.47 Å². The summed E-state index contributed by atoms with van der Waals surface area (Å²) in [5.74, 6) is 0.728. The fourth-order valence-electron chi connectivity index (χ4n) is 4.92. The zero-order valence-corrected chi connectivity index (χ0v) is 22.8. The summed E-state index contributed by atoms with van der Waals surface area (Å²) in [6.45, 7) is 1.79. The molecule has 0 aliphatic heterocycles. The van der Waals surface area contributed by atoms with Crippen LogP contribution in [0.5, 0.6) is 17.4 Å². The van der Waals surface area contributed by atoms with Gasteiger partial charge >= 0.3 is 11.6 Å². The van der Waals surface area contributed by atoms with E-state index in [0.717, 1.165) is 24.8 Å². The third-order valence-corrected chi connectivity index (χ3v) is 8.39. The largest absolute Gasteiger partial charge is 0.496 e. The fourth-order valence-corrected chi connectivity index (χ4v) is 6.05. The normalized spacial score (nSPS) is 13.4. The lowest BCUT2D eigenvalue weighted by Gasteiger charge is -2.30. The molecular weight excluding hydrogens is 534 g/mol. The van der Waals surface area contributed by atoms with Gasteiger partial charge < -0.3 is 14.0 Å². The topological polar surface area (TPSA) is 147 Å². The summed E-state index contributed by atoms with van der Waals surface area (Å²) in [5.41, 5.74) is 2.75. The third kappa shape index (κ3) is 5.03. The quantitative estimate of drug-likeness (QED) is 0.222. The van der Waals surface area contributed by atoms with Crippen LogP contribution in [0.1, 0.15) is 44.2 Å². The Morgan fingerprint density at radius 1 is 1.23 bits per heavy atom. The van der Waals surface area contributed by atoms with Crippen molar-refractivity contribution in [2.45, 2.75) is 38.6 Å². The van der Waals surface area contributed by atoms with Gasteiger partial charge in [-0.1, -0.05) is 6.92 Å². The first kappa shape index (κ1) is 27.0. The molecule has 0 radical (unpaired) electrons. The van der Waals surface area contributed by atoms with Gasteiger partial charge in [0.1, 0.15) is 17.6 Å². The zero-order chi connectivity index (χ0) is 28.4. The summed E-state index contributed by atoms with van der Waals surface area (Å²) in [4.78, 5) is 15.3. The number of hydrogen-bond donors (Lipinski definition) is 2. The predicted molar refractivity (Wildman–Crippen MR) is 149 cm³/mol. The summed E-state index contributed by atoms with van der Waals surface area (Å²) in [5, 5.41) is 20.4. The Labute approximate surface area is 231 Å². The first-order chi connectivity index (χ1) is 19.3. The Morgan fingerprint density at radius 2 is 2.02 bits per heavy atom. The highest BCUT2D eigenvalue weighted by Gasteiger charge is 2.30. The van der Waals surface area contributed by atoms with E-state index in [9.17, 15) is 23.8 Å². The monoisotopic (exact) mass is 562 g/mol. The molecule has 1 aliphatic carbocycles. The van der Waals surface area contributed by atoms with Crippen molar-refractivity contribution < 1.29 is 28.0 Å². The standard InChI is InChI=1S/C28H28N5O6S/c1-3-14-40(36,37)31-18-9-11-22(26(15-18)38-2)27-23(17-29)21-12-10-20(16-25(21)32(27)19-6-4-7-19)39-28-24(33(34)35)8-5-13-30-28/h5,8-13,15-16,19,31H,3-4,6-7,14H2,1-2H3,(H,34,35)/q+1. The maximum atomic E-state index is 12.3. The van der Waals surface area contributed by atoms with Gasteiger partial charge in [-0.3, -0.25) is 4.72 Å². The molecule has 0 unspecified atom stereocenters. The van der Waals surface area contributed by atoms with Crippen molar-refractivity contribution in [2.24, 2.45) is 0 Å². The minimum Gasteiger partial charge on any atom is -0.496 e. The van der Waals surface area contributed by atoms with Crippen molar-refractivity contribution in [3.05, 3.63) is 65.2 Å². The molecule has 4 aromatic rings. The number of benzene rings is 2. The first-order valence-electron chi connectivity index (χ1n) is 12.8. The fraction of sp³-hybridized carbons (Fsp3) is 0.286. The van der Waals surface area contributed by atoms with Gasteiger partial charge in [-0.25, -0.2) is 18.6 Å². The summed E-state index contributed by atoms with van der Waals surface area (Å²) < 4.78 is 40.9. The molecule has 1 fully saturated rings. The number of rotatable bonds is 10. The van der Waals surface area contributed by atoms with Crippen LogP contribution in [0, 0.1) is 16.2 Å². The summed E-state index contributed by atoms with van der Waals surface area (Å²) in [6.07, 6.45) is 4.82. The van der Waals surface area contributed by atoms with E-state index in [1.54, 1.807) is 43.3 Å². The Balaban J connectivity index is 1.65.